The van der Waals surface area contributed by atoms with Crippen molar-refractivity contribution in [1.29, 1.82) is 0 Å². The van der Waals surface area contributed by atoms with E-state index in [0.717, 1.165) is 54.6 Å². The first-order valence-electron chi connectivity index (χ1n) is 7.30. The minimum atomic E-state index is 0.0826. The molecule has 1 unspecified atom stereocenters. The van der Waals surface area contributed by atoms with Crippen LogP contribution >= 0.6 is 11.6 Å². The average molecular weight is 307 g/mol. The van der Waals surface area contributed by atoms with Crippen molar-refractivity contribution in [3.8, 4) is 5.75 Å². The molecule has 0 fully saturated rings. The first kappa shape index (κ1) is 14.4. The lowest BCUT2D eigenvalue weighted by Crippen LogP contribution is -2.25. The van der Waals surface area contributed by atoms with Gasteiger partial charge >= 0.3 is 0 Å². The largest absolute Gasteiger partial charge is 0.493 e. The summed E-state index contributed by atoms with van der Waals surface area (Å²) in [5.74, 6) is 1.83. The minimum absolute atomic E-state index is 0.0826. The quantitative estimate of drug-likeness (QED) is 0.861. The molecule has 0 aliphatic carbocycles. The van der Waals surface area contributed by atoms with E-state index in [1.807, 2.05) is 12.1 Å². The lowest BCUT2D eigenvalue weighted by Gasteiger charge is -2.18. The van der Waals surface area contributed by atoms with Crippen LogP contribution < -0.4 is 10.1 Å². The van der Waals surface area contributed by atoms with Gasteiger partial charge in [0.25, 0.3) is 0 Å². The summed E-state index contributed by atoms with van der Waals surface area (Å²) in [6.07, 6.45) is 4.31. The molecule has 1 atom stereocenters. The van der Waals surface area contributed by atoms with Gasteiger partial charge in [0.15, 0.2) is 0 Å². The smallest absolute Gasteiger partial charge is 0.141 e. The maximum atomic E-state index is 6.23. The van der Waals surface area contributed by atoms with Crippen LogP contribution in [-0.2, 0) is 12.8 Å². The lowest BCUT2D eigenvalue weighted by atomic mass is 10.0. The van der Waals surface area contributed by atoms with E-state index >= 15 is 0 Å². The van der Waals surface area contributed by atoms with Crippen molar-refractivity contribution in [2.75, 3.05) is 13.2 Å². The number of rotatable bonds is 6. The molecular weight excluding hydrogens is 288 g/mol. The fraction of sp³-hybridized carbons (Fsp3) is 0.467. The number of benzene rings is 1. The molecule has 112 valence electrons. The summed E-state index contributed by atoms with van der Waals surface area (Å²) in [6.45, 7) is 3.80. The van der Waals surface area contributed by atoms with Crippen LogP contribution in [0.5, 0.6) is 5.75 Å². The van der Waals surface area contributed by atoms with Crippen molar-refractivity contribution in [3.05, 3.63) is 40.4 Å². The fourth-order valence-corrected chi connectivity index (χ4v) is 2.95. The number of hydrogen-bond donors (Lipinski definition) is 2. The Balaban J connectivity index is 1.86. The Kier molecular flexibility index (Phi) is 4.41. The normalized spacial score (nSPS) is 14.8. The van der Waals surface area contributed by atoms with Crippen molar-refractivity contribution in [2.45, 2.75) is 32.2 Å². The molecule has 5 nitrogen and oxygen atoms in total. The Morgan fingerprint density at radius 2 is 2.38 bits per heavy atom. The molecule has 1 aliphatic rings. The minimum Gasteiger partial charge on any atom is -0.493 e. The second-order valence-electron chi connectivity index (χ2n) is 5.23. The summed E-state index contributed by atoms with van der Waals surface area (Å²) >= 11 is 6.23. The first-order valence-corrected chi connectivity index (χ1v) is 7.68. The zero-order chi connectivity index (χ0) is 14.7. The molecule has 3 rings (SSSR count). The molecule has 0 spiro atoms. The van der Waals surface area contributed by atoms with E-state index in [-0.39, 0.29) is 6.04 Å². The SMILES string of the molecule is CCCNC(Cc1cc(Cl)cc2c1OCC2)c1ncn[nH]1. The van der Waals surface area contributed by atoms with Crippen LogP contribution in [0.15, 0.2) is 18.5 Å². The predicted molar refractivity (Wildman–Crippen MR) is 81.8 cm³/mol. The Hall–Kier alpha value is -1.59. The number of hydrogen-bond acceptors (Lipinski definition) is 4. The Bertz CT molecular complexity index is 600. The maximum absolute atomic E-state index is 6.23. The highest BCUT2D eigenvalue weighted by Gasteiger charge is 2.22. The van der Waals surface area contributed by atoms with E-state index in [9.17, 15) is 0 Å². The van der Waals surface area contributed by atoms with Crippen LogP contribution in [0.3, 0.4) is 0 Å². The molecule has 2 N–H and O–H groups in total. The summed E-state index contributed by atoms with van der Waals surface area (Å²) in [4.78, 5) is 4.28. The van der Waals surface area contributed by atoms with Crippen LogP contribution in [-0.4, -0.2) is 28.3 Å². The van der Waals surface area contributed by atoms with E-state index in [1.165, 1.54) is 11.9 Å². The molecule has 0 radical (unpaired) electrons. The van der Waals surface area contributed by atoms with Gasteiger partial charge in [-0.25, -0.2) is 4.98 Å². The van der Waals surface area contributed by atoms with Gasteiger partial charge in [-0.05, 0) is 42.6 Å². The van der Waals surface area contributed by atoms with Gasteiger partial charge in [0.05, 0.1) is 12.6 Å². The summed E-state index contributed by atoms with van der Waals surface area (Å²) < 4.78 is 5.77. The number of aromatic amines is 1. The zero-order valence-electron chi connectivity index (χ0n) is 12.0. The lowest BCUT2D eigenvalue weighted by molar-refractivity contribution is 0.351. The van der Waals surface area contributed by atoms with Crippen molar-refractivity contribution < 1.29 is 4.74 Å². The zero-order valence-corrected chi connectivity index (χ0v) is 12.8. The molecule has 0 saturated carbocycles. The van der Waals surface area contributed by atoms with Gasteiger partial charge in [0.1, 0.15) is 17.9 Å². The van der Waals surface area contributed by atoms with E-state index in [2.05, 4.69) is 27.4 Å². The topological polar surface area (TPSA) is 62.8 Å². The maximum Gasteiger partial charge on any atom is 0.141 e. The highest BCUT2D eigenvalue weighted by atomic mass is 35.5. The molecule has 0 amide bonds. The average Bonchev–Trinajstić information content (AvgIpc) is 3.13. The number of aromatic nitrogens is 3. The van der Waals surface area contributed by atoms with E-state index < -0.39 is 0 Å². The molecule has 6 heteroatoms. The molecule has 21 heavy (non-hydrogen) atoms. The van der Waals surface area contributed by atoms with E-state index in [4.69, 9.17) is 16.3 Å². The molecule has 1 aromatic heterocycles. The summed E-state index contributed by atoms with van der Waals surface area (Å²) in [6, 6.07) is 4.07. The second-order valence-corrected chi connectivity index (χ2v) is 5.67. The highest BCUT2D eigenvalue weighted by Crippen LogP contribution is 2.34. The third kappa shape index (κ3) is 3.19. The van der Waals surface area contributed by atoms with Gasteiger partial charge in [0, 0.05) is 11.4 Å². The third-order valence-corrected chi connectivity index (χ3v) is 3.87. The number of nitrogens with one attached hydrogen (secondary N) is 2. The molecular formula is C15H19ClN4O. The van der Waals surface area contributed by atoms with Gasteiger partial charge in [0.2, 0.25) is 0 Å². The Morgan fingerprint density at radius 1 is 1.48 bits per heavy atom. The number of nitrogens with zero attached hydrogens (tertiary/aromatic N) is 2. The number of halogens is 1. The van der Waals surface area contributed by atoms with Crippen molar-refractivity contribution >= 4 is 11.6 Å². The summed E-state index contributed by atoms with van der Waals surface area (Å²) in [7, 11) is 0. The second kappa shape index (κ2) is 6.45. The van der Waals surface area contributed by atoms with Crippen LogP contribution in [0.2, 0.25) is 5.02 Å². The predicted octanol–water partition coefficient (Wildman–Crippen LogP) is 2.68. The van der Waals surface area contributed by atoms with Gasteiger partial charge in [-0.1, -0.05) is 18.5 Å². The van der Waals surface area contributed by atoms with E-state index in [1.54, 1.807) is 0 Å². The number of H-pyrrole nitrogens is 1. The van der Waals surface area contributed by atoms with Crippen molar-refractivity contribution in [1.82, 2.24) is 20.5 Å². The highest BCUT2D eigenvalue weighted by molar-refractivity contribution is 6.30. The van der Waals surface area contributed by atoms with Crippen LogP contribution in [0.25, 0.3) is 0 Å². The molecule has 1 aliphatic heterocycles. The number of ether oxygens (including phenoxy) is 1. The fourth-order valence-electron chi connectivity index (χ4n) is 2.68. The summed E-state index contributed by atoms with van der Waals surface area (Å²) in [5, 5.41) is 11.2. The van der Waals surface area contributed by atoms with Gasteiger partial charge < -0.3 is 10.1 Å². The van der Waals surface area contributed by atoms with Crippen molar-refractivity contribution in [2.24, 2.45) is 0 Å². The molecule has 0 saturated heterocycles. The molecule has 1 aromatic carbocycles. The van der Waals surface area contributed by atoms with Gasteiger partial charge in [-0.3, -0.25) is 5.10 Å². The molecule has 0 bridgehead atoms. The van der Waals surface area contributed by atoms with Gasteiger partial charge in [-0.2, -0.15) is 5.10 Å². The Labute approximate surface area is 129 Å². The van der Waals surface area contributed by atoms with Crippen LogP contribution in [0.4, 0.5) is 0 Å². The molecule has 2 aromatic rings. The monoisotopic (exact) mass is 306 g/mol. The first-order chi connectivity index (χ1) is 10.3. The third-order valence-electron chi connectivity index (χ3n) is 3.65. The van der Waals surface area contributed by atoms with Gasteiger partial charge in [-0.15, -0.1) is 0 Å². The molecule has 2 heterocycles. The van der Waals surface area contributed by atoms with Crippen LogP contribution in [0.1, 0.15) is 36.3 Å². The number of fused-ring (bicyclic) bond motifs is 1. The van der Waals surface area contributed by atoms with E-state index in [0.29, 0.717) is 0 Å². The standard InChI is InChI=1S/C15H19ClN4O/c1-2-4-17-13(15-18-9-19-20-15)8-11-7-12(16)6-10-3-5-21-14(10)11/h6-7,9,13,17H,2-5,8H2,1H3,(H,18,19,20). The van der Waals surface area contributed by atoms with Crippen LogP contribution in [0, 0.1) is 0 Å². The van der Waals surface area contributed by atoms with Crippen molar-refractivity contribution in [3.63, 3.8) is 0 Å². The summed E-state index contributed by atoms with van der Waals surface area (Å²) in [5.41, 5.74) is 2.32. The Morgan fingerprint density at radius 3 is 3.14 bits per heavy atom.